The quantitative estimate of drug-likeness (QED) is 0.425. The summed E-state index contributed by atoms with van der Waals surface area (Å²) in [6.07, 6.45) is 1.31. The molecule has 0 amide bonds. The maximum atomic E-state index is 8.21. The van der Waals surface area contributed by atoms with E-state index in [1.54, 1.807) is 0 Å². The number of rotatable bonds is 6. The second-order valence-electron chi connectivity index (χ2n) is 2.13. The zero-order valence-corrected chi connectivity index (χ0v) is 6.67. The van der Waals surface area contributed by atoms with Crippen LogP contribution in [0, 0.1) is 0 Å². The summed E-state index contributed by atoms with van der Waals surface area (Å²) < 4.78 is 9.92. The first-order chi connectivity index (χ1) is 4.81. The highest BCUT2D eigenvalue weighted by atomic mass is 16.5. The zero-order valence-electron chi connectivity index (χ0n) is 6.67. The van der Waals surface area contributed by atoms with Crippen molar-refractivity contribution in [2.45, 2.75) is 26.4 Å². The highest BCUT2D eigenvalue weighted by Gasteiger charge is 1.96. The molecule has 0 radical (unpaired) electrons. The van der Waals surface area contributed by atoms with Gasteiger partial charge < -0.3 is 14.4 Å². The highest BCUT2D eigenvalue weighted by molar-refractivity contribution is 6.15. The van der Waals surface area contributed by atoms with Crippen molar-refractivity contribution in [1.82, 2.24) is 0 Å². The maximum absolute atomic E-state index is 8.21. The number of hydrogen-bond acceptors (Lipinski definition) is 3. The predicted octanol–water partition coefficient (Wildman–Crippen LogP) is 0.0769. The molecule has 3 nitrogen and oxygen atoms in total. The summed E-state index contributed by atoms with van der Waals surface area (Å²) in [5.41, 5.74) is 0. The van der Waals surface area contributed by atoms with Gasteiger partial charge in [0, 0.05) is 0 Å². The predicted molar refractivity (Wildman–Crippen MR) is 41.0 cm³/mol. The lowest BCUT2D eigenvalue weighted by molar-refractivity contribution is 0.0406. The Hall–Kier alpha value is -0.0551. The molecule has 1 atom stereocenters. The molecule has 0 heterocycles. The summed E-state index contributed by atoms with van der Waals surface area (Å²) in [5, 5.41) is 8.21. The van der Waals surface area contributed by atoms with E-state index in [0.717, 1.165) is 6.42 Å². The minimum Gasteiger partial charge on any atom is -0.430 e. The lowest BCUT2D eigenvalue weighted by Gasteiger charge is -2.09. The first-order valence-corrected chi connectivity index (χ1v) is 3.61. The lowest BCUT2D eigenvalue weighted by atomic mass is 10.3. The molecule has 0 rings (SSSR count). The van der Waals surface area contributed by atoms with Gasteiger partial charge in [-0.05, 0) is 13.3 Å². The molecule has 0 aromatic carbocycles. The zero-order chi connectivity index (χ0) is 7.82. The molecule has 0 fully saturated rings. The molecule has 0 aromatic heterocycles. The van der Waals surface area contributed by atoms with E-state index in [4.69, 9.17) is 9.76 Å². The van der Waals surface area contributed by atoms with Gasteiger partial charge in [-0.1, -0.05) is 6.92 Å². The molecule has 0 bridgehead atoms. The molecule has 4 heteroatoms. The Labute approximate surface area is 62.6 Å². The fourth-order valence-corrected chi connectivity index (χ4v) is 0.491. The molecular formula is C6H15BO3. The van der Waals surface area contributed by atoms with Gasteiger partial charge in [-0.25, -0.2) is 0 Å². The minimum atomic E-state index is -0.218. The second-order valence-corrected chi connectivity index (χ2v) is 2.13. The smallest absolute Gasteiger partial charge is 0.430 e. The van der Waals surface area contributed by atoms with Gasteiger partial charge in [-0.2, -0.15) is 0 Å². The van der Waals surface area contributed by atoms with Crippen molar-refractivity contribution in [2.24, 2.45) is 0 Å². The fourth-order valence-electron chi connectivity index (χ4n) is 0.491. The average Bonchev–Trinajstić information content (AvgIpc) is 1.98. The van der Waals surface area contributed by atoms with Crippen LogP contribution in [0.1, 0.15) is 20.3 Å². The third-order valence-electron chi connectivity index (χ3n) is 1.30. The highest BCUT2D eigenvalue weighted by Crippen LogP contribution is 1.94. The summed E-state index contributed by atoms with van der Waals surface area (Å²) in [6, 6.07) is 0. The van der Waals surface area contributed by atoms with Crippen molar-refractivity contribution in [3.63, 3.8) is 0 Å². The van der Waals surface area contributed by atoms with E-state index in [1.807, 2.05) is 6.92 Å². The molecule has 0 aliphatic heterocycles. The summed E-state index contributed by atoms with van der Waals surface area (Å²) in [5.74, 6) is 0. The maximum Gasteiger partial charge on any atom is 0.435 e. The van der Waals surface area contributed by atoms with Gasteiger partial charge in [0.25, 0.3) is 0 Å². The van der Waals surface area contributed by atoms with E-state index in [2.05, 4.69) is 11.6 Å². The summed E-state index contributed by atoms with van der Waals surface area (Å²) in [6.45, 7) is 5.12. The Morgan fingerprint density at radius 1 is 1.50 bits per heavy atom. The minimum absolute atomic E-state index is 0.218. The Kier molecular flexibility index (Phi) is 7.02. The van der Waals surface area contributed by atoms with Gasteiger partial charge in [-0.3, -0.25) is 0 Å². The Morgan fingerprint density at radius 2 is 2.20 bits per heavy atom. The summed E-state index contributed by atoms with van der Waals surface area (Å²) in [7, 11) is -0.218. The average molecular weight is 146 g/mol. The SMILES string of the molecule is CCC(C)OCCOBO. The third-order valence-corrected chi connectivity index (χ3v) is 1.30. The topological polar surface area (TPSA) is 38.7 Å². The van der Waals surface area contributed by atoms with Crippen molar-refractivity contribution in [1.29, 1.82) is 0 Å². The molecule has 0 saturated carbocycles. The van der Waals surface area contributed by atoms with Crippen molar-refractivity contribution >= 4 is 7.69 Å². The van der Waals surface area contributed by atoms with E-state index in [0.29, 0.717) is 19.3 Å². The molecule has 60 valence electrons. The molecule has 0 aliphatic rings. The summed E-state index contributed by atoms with van der Waals surface area (Å²) >= 11 is 0. The molecule has 10 heavy (non-hydrogen) atoms. The number of ether oxygens (including phenoxy) is 1. The van der Waals surface area contributed by atoms with Gasteiger partial charge in [-0.15, -0.1) is 0 Å². The van der Waals surface area contributed by atoms with Crippen molar-refractivity contribution < 1.29 is 14.4 Å². The van der Waals surface area contributed by atoms with Gasteiger partial charge in [0.2, 0.25) is 0 Å². The monoisotopic (exact) mass is 146 g/mol. The van der Waals surface area contributed by atoms with Crippen molar-refractivity contribution in [3.8, 4) is 0 Å². The van der Waals surface area contributed by atoms with E-state index < -0.39 is 0 Å². The second kappa shape index (κ2) is 7.06. The summed E-state index contributed by atoms with van der Waals surface area (Å²) in [4.78, 5) is 0. The molecule has 0 aromatic rings. The van der Waals surface area contributed by atoms with Crippen LogP contribution in [0.3, 0.4) is 0 Å². The number of hydrogen-bond donors (Lipinski definition) is 1. The Balaban J connectivity index is 2.89. The molecular weight excluding hydrogens is 131 g/mol. The van der Waals surface area contributed by atoms with Gasteiger partial charge in [0.15, 0.2) is 0 Å². The van der Waals surface area contributed by atoms with Crippen LogP contribution < -0.4 is 0 Å². The van der Waals surface area contributed by atoms with Crippen LogP contribution in [-0.2, 0) is 9.39 Å². The Bertz CT molecular complexity index is 70.0. The first-order valence-electron chi connectivity index (χ1n) is 3.61. The molecule has 0 saturated heterocycles. The molecule has 1 N–H and O–H groups in total. The van der Waals surface area contributed by atoms with E-state index in [-0.39, 0.29) is 7.69 Å². The first kappa shape index (κ1) is 9.94. The lowest BCUT2D eigenvalue weighted by Crippen LogP contribution is -2.12. The van der Waals surface area contributed by atoms with Crippen LogP contribution in [0.5, 0.6) is 0 Å². The van der Waals surface area contributed by atoms with Crippen LogP contribution >= 0.6 is 0 Å². The van der Waals surface area contributed by atoms with Crippen LogP contribution in [-0.4, -0.2) is 32.0 Å². The van der Waals surface area contributed by atoms with Crippen LogP contribution in [0.15, 0.2) is 0 Å². The standard InChI is InChI=1S/C6H15BO3/c1-3-6(2)9-4-5-10-7-8/h6-8H,3-5H2,1-2H3. The fraction of sp³-hybridized carbons (Fsp3) is 1.00. The largest absolute Gasteiger partial charge is 0.435 e. The van der Waals surface area contributed by atoms with Gasteiger partial charge in [0.05, 0.1) is 19.3 Å². The van der Waals surface area contributed by atoms with Crippen LogP contribution in [0.4, 0.5) is 0 Å². The third kappa shape index (κ3) is 6.07. The molecule has 0 spiro atoms. The van der Waals surface area contributed by atoms with E-state index >= 15 is 0 Å². The molecule has 1 unspecified atom stereocenters. The van der Waals surface area contributed by atoms with Crippen LogP contribution in [0.2, 0.25) is 0 Å². The van der Waals surface area contributed by atoms with Crippen molar-refractivity contribution in [3.05, 3.63) is 0 Å². The molecule has 0 aliphatic carbocycles. The van der Waals surface area contributed by atoms with E-state index in [9.17, 15) is 0 Å². The van der Waals surface area contributed by atoms with Crippen LogP contribution in [0.25, 0.3) is 0 Å². The van der Waals surface area contributed by atoms with Crippen molar-refractivity contribution in [2.75, 3.05) is 13.2 Å². The normalized spacial score (nSPS) is 13.1. The Morgan fingerprint density at radius 3 is 2.70 bits per heavy atom. The van der Waals surface area contributed by atoms with Gasteiger partial charge >= 0.3 is 7.69 Å². The van der Waals surface area contributed by atoms with E-state index in [1.165, 1.54) is 0 Å². The van der Waals surface area contributed by atoms with Gasteiger partial charge in [0.1, 0.15) is 0 Å².